The summed E-state index contributed by atoms with van der Waals surface area (Å²) in [4.78, 5) is 25.1. The molecule has 2 aromatic rings. The fraction of sp³-hybridized carbons (Fsp3) is 0.167. The maximum absolute atomic E-state index is 11.6. The Labute approximate surface area is 95.7 Å². The number of aryl methyl sites for hydroxylation is 2. The van der Waals surface area contributed by atoms with E-state index >= 15 is 0 Å². The van der Waals surface area contributed by atoms with E-state index < -0.39 is 11.5 Å². The van der Waals surface area contributed by atoms with Gasteiger partial charge in [0.2, 0.25) is 0 Å². The molecule has 0 saturated carbocycles. The molecule has 86 valence electrons. The molecule has 2 aromatic heterocycles. The summed E-state index contributed by atoms with van der Waals surface area (Å²) in [5, 5.41) is 8.88. The average Bonchev–Trinajstić information content (AvgIpc) is 2.76. The summed E-state index contributed by atoms with van der Waals surface area (Å²) in [6.45, 7) is 0. The smallest absolute Gasteiger partial charge is 0.341 e. The lowest BCUT2D eigenvalue weighted by atomic mass is 9.93. The van der Waals surface area contributed by atoms with E-state index in [4.69, 9.17) is 9.52 Å². The molecule has 0 unspecified atom stereocenters. The van der Waals surface area contributed by atoms with Crippen molar-refractivity contribution in [2.75, 3.05) is 0 Å². The molecule has 0 fully saturated rings. The van der Waals surface area contributed by atoms with E-state index in [-0.39, 0.29) is 5.56 Å². The predicted octanol–water partition coefficient (Wildman–Crippen LogP) is 1.43. The summed E-state index contributed by atoms with van der Waals surface area (Å²) >= 11 is 0. The second-order valence-corrected chi connectivity index (χ2v) is 3.97. The number of hydrogen-bond donors (Lipinski definition) is 2. The number of furan rings is 1. The number of H-pyrrole nitrogens is 1. The summed E-state index contributed by atoms with van der Waals surface area (Å²) in [5.74, 6) is -0.372. The van der Waals surface area contributed by atoms with Gasteiger partial charge in [0.15, 0.2) is 0 Å². The van der Waals surface area contributed by atoms with E-state index in [1.165, 1.54) is 6.07 Å². The highest BCUT2D eigenvalue weighted by atomic mass is 16.4. The van der Waals surface area contributed by atoms with Crippen LogP contribution in [0.25, 0.3) is 11.3 Å². The monoisotopic (exact) mass is 231 g/mol. The molecule has 0 spiro atoms. The number of carbonyl (C=O) groups is 1. The Kier molecular flexibility index (Phi) is 1.95. The number of fused-ring (bicyclic) bond motifs is 3. The molecule has 0 bridgehead atoms. The van der Waals surface area contributed by atoms with Crippen LogP contribution in [0.2, 0.25) is 0 Å². The fourth-order valence-electron chi connectivity index (χ4n) is 2.17. The Hall–Kier alpha value is -2.30. The lowest BCUT2D eigenvalue weighted by Crippen LogP contribution is -2.20. The van der Waals surface area contributed by atoms with Crippen LogP contribution in [0.1, 0.15) is 21.7 Å². The SMILES string of the molecule is O=C(O)c1cc2c([nH]c1=O)-c1ccoc1CC2. The van der Waals surface area contributed by atoms with Gasteiger partial charge in [-0.1, -0.05) is 0 Å². The molecule has 5 heteroatoms. The predicted molar refractivity (Wildman–Crippen MR) is 59.1 cm³/mol. The van der Waals surface area contributed by atoms with Crippen LogP contribution < -0.4 is 5.56 Å². The Morgan fingerprint density at radius 3 is 3.00 bits per heavy atom. The molecule has 2 N–H and O–H groups in total. The number of pyridine rings is 1. The van der Waals surface area contributed by atoms with Crippen molar-refractivity contribution in [3.63, 3.8) is 0 Å². The third-order valence-corrected chi connectivity index (χ3v) is 2.99. The molecular formula is C12H9NO4. The van der Waals surface area contributed by atoms with Gasteiger partial charge in [-0.2, -0.15) is 0 Å². The molecule has 1 aliphatic rings. The van der Waals surface area contributed by atoms with Gasteiger partial charge < -0.3 is 14.5 Å². The first-order valence-electron chi connectivity index (χ1n) is 5.23. The molecule has 0 radical (unpaired) electrons. The van der Waals surface area contributed by atoms with Crippen molar-refractivity contribution in [3.05, 3.63) is 45.6 Å². The number of carboxylic acids is 1. The number of hydrogen-bond acceptors (Lipinski definition) is 3. The van der Waals surface area contributed by atoms with Crippen LogP contribution >= 0.6 is 0 Å². The summed E-state index contributed by atoms with van der Waals surface area (Å²) in [7, 11) is 0. The number of carboxylic acid groups (broad SMARTS) is 1. The molecule has 3 rings (SSSR count). The zero-order chi connectivity index (χ0) is 12.0. The van der Waals surface area contributed by atoms with Gasteiger partial charge in [0.05, 0.1) is 12.0 Å². The van der Waals surface area contributed by atoms with Crippen molar-refractivity contribution >= 4 is 5.97 Å². The van der Waals surface area contributed by atoms with Crippen LogP contribution in [0, 0.1) is 0 Å². The van der Waals surface area contributed by atoms with E-state index in [1.54, 1.807) is 12.3 Å². The van der Waals surface area contributed by atoms with Crippen molar-refractivity contribution in [3.8, 4) is 11.3 Å². The van der Waals surface area contributed by atoms with Crippen LogP contribution in [0.3, 0.4) is 0 Å². The van der Waals surface area contributed by atoms with Gasteiger partial charge >= 0.3 is 5.97 Å². The van der Waals surface area contributed by atoms with Gasteiger partial charge in [0.1, 0.15) is 11.3 Å². The van der Waals surface area contributed by atoms with Gasteiger partial charge in [-0.05, 0) is 24.1 Å². The summed E-state index contributed by atoms with van der Waals surface area (Å²) in [6.07, 6.45) is 2.97. The minimum atomic E-state index is -1.20. The minimum Gasteiger partial charge on any atom is -0.477 e. The molecule has 0 saturated heterocycles. The highest BCUT2D eigenvalue weighted by Crippen LogP contribution is 2.31. The molecule has 5 nitrogen and oxygen atoms in total. The number of aromatic nitrogens is 1. The van der Waals surface area contributed by atoms with Gasteiger partial charge in [0.25, 0.3) is 5.56 Å². The lowest BCUT2D eigenvalue weighted by molar-refractivity contribution is 0.0695. The second-order valence-electron chi connectivity index (χ2n) is 3.97. The van der Waals surface area contributed by atoms with Crippen molar-refractivity contribution in [1.82, 2.24) is 4.98 Å². The van der Waals surface area contributed by atoms with Crippen LogP contribution in [-0.4, -0.2) is 16.1 Å². The standard InChI is InChI=1S/C12H9NO4/c14-11-8(12(15)16)5-6-1-2-9-7(3-4-17-9)10(6)13-11/h3-5H,1-2H2,(H,13,14)(H,15,16). The van der Waals surface area contributed by atoms with Crippen LogP contribution in [0.5, 0.6) is 0 Å². The highest BCUT2D eigenvalue weighted by Gasteiger charge is 2.22. The average molecular weight is 231 g/mol. The first-order chi connectivity index (χ1) is 8.16. The van der Waals surface area contributed by atoms with Crippen molar-refractivity contribution in [2.24, 2.45) is 0 Å². The topological polar surface area (TPSA) is 83.3 Å². The molecular weight excluding hydrogens is 222 g/mol. The Morgan fingerprint density at radius 1 is 1.41 bits per heavy atom. The van der Waals surface area contributed by atoms with Crippen molar-refractivity contribution in [1.29, 1.82) is 0 Å². The second kappa shape index (κ2) is 3.35. The molecule has 0 amide bonds. The van der Waals surface area contributed by atoms with Gasteiger partial charge in [-0.3, -0.25) is 4.79 Å². The molecule has 0 aromatic carbocycles. The normalized spacial score (nSPS) is 12.9. The molecule has 1 aliphatic carbocycles. The Morgan fingerprint density at radius 2 is 2.24 bits per heavy atom. The molecule has 17 heavy (non-hydrogen) atoms. The van der Waals surface area contributed by atoms with Crippen molar-refractivity contribution < 1.29 is 14.3 Å². The van der Waals surface area contributed by atoms with E-state index in [0.717, 1.165) is 23.3 Å². The minimum absolute atomic E-state index is 0.212. The first kappa shape index (κ1) is 9.89. The lowest BCUT2D eigenvalue weighted by Gasteiger charge is -2.15. The number of nitrogens with one attached hydrogen (secondary N) is 1. The Balaban J connectivity index is 2.27. The largest absolute Gasteiger partial charge is 0.477 e. The maximum atomic E-state index is 11.6. The maximum Gasteiger partial charge on any atom is 0.341 e. The number of rotatable bonds is 1. The van der Waals surface area contributed by atoms with Crippen LogP contribution in [0.4, 0.5) is 0 Å². The van der Waals surface area contributed by atoms with E-state index in [9.17, 15) is 9.59 Å². The quantitative estimate of drug-likeness (QED) is 0.777. The third-order valence-electron chi connectivity index (χ3n) is 2.99. The molecule has 2 heterocycles. The van der Waals surface area contributed by atoms with Gasteiger partial charge in [-0.15, -0.1) is 0 Å². The Bertz CT molecular complexity index is 665. The van der Waals surface area contributed by atoms with E-state index in [0.29, 0.717) is 12.1 Å². The van der Waals surface area contributed by atoms with Gasteiger partial charge in [-0.25, -0.2) is 4.79 Å². The van der Waals surface area contributed by atoms with Crippen LogP contribution in [-0.2, 0) is 12.8 Å². The zero-order valence-corrected chi connectivity index (χ0v) is 8.82. The summed E-state index contributed by atoms with van der Waals surface area (Å²) in [5.41, 5.74) is 1.58. The third kappa shape index (κ3) is 1.39. The van der Waals surface area contributed by atoms with Crippen LogP contribution in [0.15, 0.2) is 27.6 Å². The van der Waals surface area contributed by atoms with E-state index in [2.05, 4.69) is 4.98 Å². The molecule has 0 atom stereocenters. The molecule has 0 aliphatic heterocycles. The number of aromatic amines is 1. The number of aromatic carboxylic acids is 1. The van der Waals surface area contributed by atoms with Crippen molar-refractivity contribution in [2.45, 2.75) is 12.8 Å². The fourth-order valence-corrected chi connectivity index (χ4v) is 2.17. The summed E-state index contributed by atoms with van der Waals surface area (Å²) < 4.78 is 5.29. The zero-order valence-electron chi connectivity index (χ0n) is 8.82. The van der Waals surface area contributed by atoms with Gasteiger partial charge in [0, 0.05) is 12.0 Å². The summed E-state index contributed by atoms with van der Waals surface area (Å²) in [6, 6.07) is 3.23. The first-order valence-corrected chi connectivity index (χ1v) is 5.23. The highest BCUT2D eigenvalue weighted by molar-refractivity contribution is 5.88. The van der Waals surface area contributed by atoms with E-state index in [1.807, 2.05) is 0 Å².